The Labute approximate surface area is 395 Å². The fourth-order valence-corrected chi connectivity index (χ4v) is 11.2. The Bertz CT molecular complexity index is 4380. The molecular weight excluding hydrogens is 884 g/mol. The van der Waals surface area contributed by atoms with Crippen molar-refractivity contribution in [3.8, 4) is 33.9 Å². The van der Waals surface area contributed by atoms with E-state index in [4.69, 9.17) is 0 Å². The SMILES string of the molecule is Fc1cc(F)cc(-c2cc(-n3c4ccccc4c4cc(-n5c6ccccc6c6ccccc65)ccc43)c(C(F)(F)F)cc2-n2c3ccccc3c3cc(-n4c5ccccc5c5ccccc54)ccc32)c1. The Morgan fingerprint density at radius 2 is 0.614 bits per heavy atom. The molecule has 0 fully saturated rings. The molecule has 334 valence electrons. The Hall–Kier alpha value is -8.95. The van der Waals surface area contributed by atoms with Crippen molar-refractivity contribution in [2.24, 2.45) is 0 Å². The molecule has 0 saturated heterocycles. The quantitative estimate of drug-likeness (QED) is 0.153. The van der Waals surface area contributed by atoms with E-state index in [2.05, 4.69) is 63.7 Å². The van der Waals surface area contributed by atoms with Gasteiger partial charge in [-0.1, -0.05) is 109 Å². The van der Waals surface area contributed by atoms with E-state index in [1.807, 2.05) is 127 Å². The summed E-state index contributed by atoms with van der Waals surface area (Å²) in [4.78, 5) is 0. The second-order valence-electron chi connectivity index (χ2n) is 17.9. The maximum atomic E-state index is 16.2. The number of nitrogens with zero attached hydrogens (tertiary/aromatic N) is 4. The molecule has 0 unspecified atom stereocenters. The average Bonchev–Trinajstić information content (AvgIpc) is 4.10. The lowest BCUT2D eigenvalue weighted by atomic mass is 9.98. The summed E-state index contributed by atoms with van der Waals surface area (Å²) in [7, 11) is 0. The molecule has 14 aromatic rings. The minimum atomic E-state index is -4.88. The highest BCUT2D eigenvalue weighted by Crippen LogP contribution is 2.46. The molecule has 0 N–H and O–H groups in total. The van der Waals surface area contributed by atoms with Gasteiger partial charge in [0.2, 0.25) is 0 Å². The first-order chi connectivity index (χ1) is 34.2. The van der Waals surface area contributed by atoms with E-state index in [1.165, 1.54) is 18.2 Å². The number of para-hydroxylation sites is 6. The summed E-state index contributed by atoms with van der Waals surface area (Å²) in [5, 5.41) is 7.45. The van der Waals surface area contributed by atoms with Gasteiger partial charge in [-0.3, -0.25) is 0 Å². The minimum absolute atomic E-state index is 0.0877. The van der Waals surface area contributed by atoms with Crippen LogP contribution in [0.1, 0.15) is 5.56 Å². The molecule has 70 heavy (non-hydrogen) atoms. The number of rotatable bonds is 5. The summed E-state index contributed by atoms with van der Waals surface area (Å²) in [6.45, 7) is 0. The van der Waals surface area contributed by atoms with E-state index in [-0.39, 0.29) is 22.5 Å². The molecular formula is C61H35F5N4. The van der Waals surface area contributed by atoms with Crippen LogP contribution >= 0.6 is 0 Å². The summed E-state index contributed by atoms with van der Waals surface area (Å²) >= 11 is 0. The summed E-state index contributed by atoms with van der Waals surface area (Å²) in [5.41, 5.74) is 7.41. The van der Waals surface area contributed by atoms with Gasteiger partial charge in [0.15, 0.2) is 0 Å². The van der Waals surface area contributed by atoms with Gasteiger partial charge in [0.1, 0.15) is 11.6 Å². The van der Waals surface area contributed by atoms with E-state index in [0.29, 0.717) is 22.1 Å². The number of hydrogen-bond donors (Lipinski definition) is 0. The van der Waals surface area contributed by atoms with Crippen LogP contribution in [0.15, 0.2) is 212 Å². The lowest BCUT2D eigenvalue weighted by Crippen LogP contribution is -2.13. The Balaban J connectivity index is 1.05. The first-order valence-corrected chi connectivity index (χ1v) is 23.0. The molecule has 0 amide bonds. The van der Waals surface area contributed by atoms with Gasteiger partial charge in [-0.2, -0.15) is 13.2 Å². The van der Waals surface area contributed by atoms with Crippen LogP contribution in [0, 0.1) is 11.6 Å². The summed E-state index contributed by atoms with van der Waals surface area (Å²) in [6, 6.07) is 65.2. The third-order valence-corrected chi connectivity index (χ3v) is 14.1. The molecule has 0 aliphatic carbocycles. The Morgan fingerprint density at radius 3 is 1.00 bits per heavy atom. The zero-order valence-corrected chi connectivity index (χ0v) is 36.9. The second kappa shape index (κ2) is 14.8. The maximum absolute atomic E-state index is 16.2. The first kappa shape index (κ1) is 40.1. The molecule has 10 aromatic carbocycles. The van der Waals surface area contributed by atoms with Crippen molar-refractivity contribution in [3.63, 3.8) is 0 Å². The molecule has 0 bridgehead atoms. The molecule has 0 saturated carbocycles. The van der Waals surface area contributed by atoms with Gasteiger partial charge in [-0.15, -0.1) is 0 Å². The van der Waals surface area contributed by atoms with Crippen LogP contribution in [-0.4, -0.2) is 18.3 Å². The smallest absolute Gasteiger partial charge is 0.309 e. The van der Waals surface area contributed by atoms with Crippen LogP contribution in [-0.2, 0) is 6.18 Å². The van der Waals surface area contributed by atoms with E-state index < -0.39 is 23.4 Å². The first-order valence-electron chi connectivity index (χ1n) is 23.0. The fourth-order valence-electron chi connectivity index (χ4n) is 11.2. The third kappa shape index (κ3) is 5.81. The number of fused-ring (bicyclic) bond motifs is 12. The molecule has 0 aliphatic rings. The van der Waals surface area contributed by atoms with Crippen molar-refractivity contribution in [2.45, 2.75) is 6.18 Å². The van der Waals surface area contributed by atoms with Gasteiger partial charge in [-0.05, 0) is 103 Å². The maximum Gasteiger partial charge on any atom is 0.418 e. The predicted molar refractivity (Wildman–Crippen MR) is 274 cm³/mol. The fraction of sp³-hybridized carbons (Fsp3) is 0.0164. The molecule has 14 rings (SSSR count). The second-order valence-corrected chi connectivity index (χ2v) is 17.9. The van der Waals surface area contributed by atoms with Crippen molar-refractivity contribution >= 4 is 87.2 Å². The van der Waals surface area contributed by atoms with Crippen LogP contribution in [0.4, 0.5) is 22.0 Å². The normalized spacial score (nSPS) is 12.4. The molecule has 4 aromatic heterocycles. The van der Waals surface area contributed by atoms with Crippen molar-refractivity contribution < 1.29 is 22.0 Å². The van der Waals surface area contributed by atoms with Gasteiger partial charge in [0.05, 0.1) is 61.1 Å². The average molecular weight is 919 g/mol. The molecule has 0 aliphatic heterocycles. The van der Waals surface area contributed by atoms with E-state index >= 15 is 22.0 Å². The lowest BCUT2D eigenvalue weighted by Gasteiger charge is -2.22. The highest BCUT2D eigenvalue weighted by atomic mass is 19.4. The van der Waals surface area contributed by atoms with E-state index in [1.54, 1.807) is 9.13 Å². The molecule has 0 radical (unpaired) electrons. The van der Waals surface area contributed by atoms with Crippen LogP contribution in [0.5, 0.6) is 0 Å². The van der Waals surface area contributed by atoms with Crippen LogP contribution in [0.25, 0.3) is 121 Å². The molecule has 0 atom stereocenters. The highest BCUT2D eigenvalue weighted by Gasteiger charge is 2.37. The number of benzene rings is 10. The standard InChI is InChI=1S/C61H35F5N4/c62-37-29-36(30-38(63)31-37)47-34-60(70-56-24-12-6-18-46(56)49-33-40(26-28-58(49)70)68-53-21-9-3-15-43(53)44-16-4-10-22-54(44)68)50(61(64,65)66)35-59(47)69-55-23-11-5-17-45(55)48-32-39(25-27-57(48)69)67-51-19-7-1-13-41(51)42-14-2-8-20-52(42)67/h1-35H. The molecule has 0 spiro atoms. The van der Waals surface area contributed by atoms with Crippen molar-refractivity contribution in [3.05, 3.63) is 230 Å². The molecule has 4 heterocycles. The lowest BCUT2D eigenvalue weighted by molar-refractivity contribution is -0.137. The summed E-state index contributed by atoms with van der Waals surface area (Å²) < 4.78 is 87.4. The summed E-state index contributed by atoms with van der Waals surface area (Å²) in [6.07, 6.45) is -4.88. The van der Waals surface area contributed by atoms with Gasteiger partial charge >= 0.3 is 6.18 Å². The minimum Gasteiger partial charge on any atom is -0.309 e. The molecule has 4 nitrogen and oxygen atoms in total. The molecule has 9 heteroatoms. The summed E-state index contributed by atoms with van der Waals surface area (Å²) in [5.74, 6) is -1.70. The monoisotopic (exact) mass is 918 g/mol. The zero-order valence-electron chi connectivity index (χ0n) is 36.9. The topological polar surface area (TPSA) is 19.7 Å². The number of alkyl halides is 3. The van der Waals surface area contributed by atoms with Crippen LogP contribution < -0.4 is 0 Å². The van der Waals surface area contributed by atoms with E-state index in [9.17, 15) is 0 Å². The van der Waals surface area contributed by atoms with Gasteiger partial charge < -0.3 is 18.3 Å². The van der Waals surface area contributed by atoms with E-state index in [0.717, 1.165) is 88.7 Å². The van der Waals surface area contributed by atoms with Gasteiger partial charge in [0.25, 0.3) is 0 Å². The Kier molecular flexibility index (Phi) is 8.47. The van der Waals surface area contributed by atoms with Crippen molar-refractivity contribution in [1.82, 2.24) is 18.3 Å². The van der Waals surface area contributed by atoms with Crippen molar-refractivity contribution in [2.75, 3.05) is 0 Å². The zero-order chi connectivity index (χ0) is 47.0. The number of hydrogen-bond acceptors (Lipinski definition) is 0. The number of halogens is 5. The highest BCUT2D eigenvalue weighted by molar-refractivity contribution is 6.14. The Morgan fingerprint density at radius 1 is 0.286 bits per heavy atom. The third-order valence-electron chi connectivity index (χ3n) is 14.1. The number of aromatic nitrogens is 4. The predicted octanol–water partition coefficient (Wildman–Crippen LogP) is 17.0. The van der Waals surface area contributed by atoms with Gasteiger partial charge in [0, 0.05) is 66.1 Å². The largest absolute Gasteiger partial charge is 0.418 e. The van der Waals surface area contributed by atoms with Crippen LogP contribution in [0.2, 0.25) is 0 Å². The van der Waals surface area contributed by atoms with Crippen LogP contribution in [0.3, 0.4) is 0 Å². The van der Waals surface area contributed by atoms with Crippen molar-refractivity contribution in [1.29, 1.82) is 0 Å². The van der Waals surface area contributed by atoms with Gasteiger partial charge in [-0.25, -0.2) is 8.78 Å².